The first-order valence-corrected chi connectivity index (χ1v) is 37.4. The second kappa shape index (κ2) is 32.4. The maximum atomic E-state index is 11.1. The minimum Gasteiger partial charge on any atom is -0.370 e. The van der Waals surface area contributed by atoms with Crippen LogP contribution in [0.15, 0.2) is 24.3 Å². The SMILES string of the molecule is CCCC(O)(O[Si](CC)(CC)CC)O[Si](CC)(CC)CC.CCCC(O)(O[Si](CC)(CC)CC)O[Si](CC)(CC)CC.C[Si](C)c1ccc([Si](C)C)cc1.[Ti].[Ti]. The van der Waals surface area contributed by atoms with Gasteiger partial charge >= 0.3 is 0 Å². The predicted molar refractivity (Wildman–Crippen MR) is 254 cm³/mol. The van der Waals surface area contributed by atoms with Gasteiger partial charge in [0.05, 0.1) is 17.6 Å². The van der Waals surface area contributed by atoms with Crippen LogP contribution in [0, 0.1) is 0 Å². The fourth-order valence-corrected chi connectivity index (χ4v) is 20.1. The molecule has 0 saturated carbocycles. The monoisotopic (exact) mass is 956 g/mol. The van der Waals surface area contributed by atoms with Crippen molar-refractivity contribution < 1.29 is 71.4 Å². The second-order valence-electron chi connectivity index (χ2n) is 15.9. The fraction of sp³-hybridized carbons (Fsp3) is 0.857. The van der Waals surface area contributed by atoms with Crippen LogP contribution in [0.3, 0.4) is 0 Å². The Kier molecular flexibility index (Phi) is 37.2. The van der Waals surface area contributed by atoms with E-state index in [-0.39, 0.29) is 61.0 Å². The van der Waals surface area contributed by atoms with Crippen molar-refractivity contribution in [3.05, 3.63) is 24.3 Å². The molecule has 2 radical (unpaired) electrons. The number of hydrogen-bond donors (Lipinski definition) is 2. The Morgan fingerprint density at radius 1 is 0.393 bits per heavy atom. The maximum Gasteiger partial charge on any atom is 0.261 e. The van der Waals surface area contributed by atoms with E-state index in [0.717, 1.165) is 85.4 Å². The molecule has 0 saturated heterocycles. The summed E-state index contributed by atoms with van der Waals surface area (Å²) in [7, 11) is -8.01. The Morgan fingerprint density at radius 2 is 0.554 bits per heavy atom. The molecule has 0 heterocycles. The molecule has 0 bridgehead atoms. The summed E-state index contributed by atoms with van der Waals surface area (Å²) in [5, 5.41) is 25.3. The fourth-order valence-electron chi connectivity index (χ4n) is 7.23. The van der Waals surface area contributed by atoms with Crippen LogP contribution in [0.5, 0.6) is 0 Å². The van der Waals surface area contributed by atoms with Gasteiger partial charge in [-0.2, -0.15) is 0 Å². The summed E-state index contributed by atoms with van der Waals surface area (Å²) < 4.78 is 25.5. The standard InChI is InChI=1S/2C16H38O3Si2.C10H16Si2.2Ti/c2*1-8-15-16(17,18-20(9-2,10-3)11-4)19-21(12-5,13-6)14-7;1-11(2)9-5-7-10(8-6-9)12(3)4;;/h2*17H,8-15H2,1-7H3;5-8H,1-4H3;;. The topological polar surface area (TPSA) is 77.4 Å². The van der Waals surface area contributed by atoms with Gasteiger partial charge in [0, 0.05) is 56.3 Å². The normalized spacial score (nSPS) is 12.7. The van der Waals surface area contributed by atoms with E-state index in [2.05, 4.69) is 147 Å². The molecule has 2 N–H and O–H groups in total. The van der Waals surface area contributed by atoms with Crippen molar-refractivity contribution >= 4 is 61.2 Å². The molecule has 1 rings (SSSR count). The van der Waals surface area contributed by atoms with E-state index in [0.29, 0.717) is 12.8 Å². The molecule has 14 heteroatoms. The van der Waals surface area contributed by atoms with Gasteiger partial charge in [-0.05, 0) is 85.4 Å². The number of hydrogen-bond acceptors (Lipinski definition) is 6. The van der Waals surface area contributed by atoms with Gasteiger partial charge in [0.25, 0.3) is 11.9 Å². The van der Waals surface area contributed by atoms with Crippen LogP contribution in [-0.4, -0.2) is 73.0 Å². The first kappa shape index (κ1) is 64.3. The molecule has 0 aliphatic heterocycles. The summed E-state index contributed by atoms with van der Waals surface area (Å²) in [5.41, 5.74) is 0. The third kappa shape index (κ3) is 21.7. The molecule has 0 spiro atoms. The third-order valence-electron chi connectivity index (χ3n) is 12.4. The van der Waals surface area contributed by atoms with E-state index in [1.165, 1.54) is 0 Å². The molecule has 1 aromatic carbocycles. The van der Waals surface area contributed by atoms with E-state index in [1.54, 1.807) is 10.4 Å². The first-order chi connectivity index (χ1) is 25.3. The van der Waals surface area contributed by atoms with E-state index < -0.39 is 45.2 Å². The average molecular weight is 957 g/mol. The van der Waals surface area contributed by atoms with E-state index in [1.807, 2.05) is 0 Å². The quantitative estimate of drug-likeness (QED) is 0.0712. The Balaban J connectivity index is -0.000000368. The molecule has 328 valence electrons. The van der Waals surface area contributed by atoms with Gasteiger partial charge in [0.1, 0.15) is 0 Å². The number of rotatable bonds is 26. The smallest absolute Gasteiger partial charge is 0.261 e. The van der Waals surface area contributed by atoms with Crippen molar-refractivity contribution in [2.45, 2.75) is 233 Å². The molecule has 0 aliphatic carbocycles. The molecule has 0 fully saturated rings. The molecule has 0 atom stereocenters. The molecule has 0 amide bonds. The Hall–Kier alpha value is 1.71. The minimum atomic E-state index is -1.88. The summed E-state index contributed by atoms with van der Waals surface area (Å²) in [4.78, 5) is 0. The predicted octanol–water partition coefficient (Wildman–Crippen LogP) is 12.6. The van der Waals surface area contributed by atoms with Crippen molar-refractivity contribution in [3.8, 4) is 0 Å². The van der Waals surface area contributed by atoms with Crippen LogP contribution in [0.25, 0.3) is 0 Å². The van der Waals surface area contributed by atoms with Crippen molar-refractivity contribution in [2.75, 3.05) is 0 Å². The van der Waals surface area contributed by atoms with E-state index in [4.69, 9.17) is 17.7 Å². The van der Waals surface area contributed by atoms with Crippen molar-refractivity contribution in [3.63, 3.8) is 0 Å². The molecule has 0 aliphatic rings. The van der Waals surface area contributed by atoms with Crippen molar-refractivity contribution in [2.24, 2.45) is 0 Å². The summed E-state index contributed by atoms with van der Waals surface area (Å²) in [6.45, 7) is 39.8. The minimum absolute atomic E-state index is 0. The third-order valence-corrected chi connectivity index (χ3v) is 33.9. The molecule has 6 nitrogen and oxygen atoms in total. The zero-order chi connectivity index (χ0) is 42.3. The van der Waals surface area contributed by atoms with Crippen LogP contribution in [-0.2, 0) is 61.1 Å². The van der Waals surface area contributed by atoms with Gasteiger partial charge < -0.3 is 27.9 Å². The Morgan fingerprint density at radius 3 is 0.661 bits per heavy atom. The number of aliphatic hydroxyl groups is 2. The van der Waals surface area contributed by atoms with Gasteiger partial charge in [0.15, 0.2) is 33.3 Å². The molecule has 1 aromatic rings. The van der Waals surface area contributed by atoms with Gasteiger partial charge in [-0.1, -0.05) is 158 Å². The van der Waals surface area contributed by atoms with Gasteiger partial charge in [-0.25, -0.2) is 0 Å². The van der Waals surface area contributed by atoms with E-state index in [9.17, 15) is 10.2 Å². The Labute approximate surface area is 387 Å². The van der Waals surface area contributed by atoms with Crippen LogP contribution >= 0.6 is 0 Å². The van der Waals surface area contributed by atoms with Crippen LogP contribution in [0.4, 0.5) is 0 Å². The van der Waals surface area contributed by atoms with Gasteiger partial charge in [-0.3, -0.25) is 0 Å². The van der Waals surface area contributed by atoms with Gasteiger partial charge in [-0.15, -0.1) is 0 Å². The maximum absolute atomic E-state index is 11.1. The molecular weight excluding hydrogens is 865 g/mol. The molecule has 0 unspecified atom stereocenters. The average Bonchev–Trinajstić information content (AvgIpc) is 3.18. The molecule has 56 heavy (non-hydrogen) atoms. The van der Waals surface area contributed by atoms with E-state index >= 15 is 0 Å². The second-order valence-corrected chi connectivity index (χ2v) is 39.8. The molecule has 0 aromatic heterocycles. The first-order valence-electron chi connectivity index (χ1n) is 22.3. The van der Waals surface area contributed by atoms with Crippen LogP contribution in [0.2, 0.25) is 98.7 Å². The largest absolute Gasteiger partial charge is 0.370 e. The summed E-state index contributed by atoms with van der Waals surface area (Å²) in [6, 6.07) is 21.7. The van der Waals surface area contributed by atoms with Crippen LogP contribution < -0.4 is 10.4 Å². The van der Waals surface area contributed by atoms with Gasteiger partial charge in [0.2, 0.25) is 0 Å². The van der Waals surface area contributed by atoms with Crippen LogP contribution in [0.1, 0.15) is 123 Å². The van der Waals surface area contributed by atoms with Crippen molar-refractivity contribution in [1.82, 2.24) is 0 Å². The Bertz CT molecular complexity index is 910. The van der Waals surface area contributed by atoms with Crippen molar-refractivity contribution in [1.29, 1.82) is 0 Å². The zero-order valence-electron chi connectivity index (χ0n) is 40.2. The zero-order valence-corrected chi connectivity index (χ0v) is 49.3. The number of benzene rings is 1. The summed E-state index contributed by atoms with van der Waals surface area (Å²) in [6.07, 6.45) is 2.91. The summed E-state index contributed by atoms with van der Waals surface area (Å²) in [5.74, 6) is -2.70. The summed E-state index contributed by atoms with van der Waals surface area (Å²) >= 11 is 0. The molecular formula is C42H92O6Si6Ti2.